The minimum atomic E-state index is -0.192. The van der Waals surface area contributed by atoms with Crippen molar-refractivity contribution in [3.05, 3.63) is 97.1 Å². The number of hydrogen-bond donors (Lipinski definition) is 0. The molecule has 0 bridgehead atoms. The van der Waals surface area contributed by atoms with Crippen molar-refractivity contribution in [1.29, 1.82) is 0 Å². The van der Waals surface area contributed by atoms with Crippen LogP contribution in [0.15, 0.2) is 85.7 Å². The lowest BCUT2D eigenvalue weighted by Gasteiger charge is -2.14. The summed E-state index contributed by atoms with van der Waals surface area (Å²) >= 11 is 0. The Morgan fingerprint density at radius 1 is 0.879 bits per heavy atom. The van der Waals surface area contributed by atoms with Gasteiger partial charge >= 0.3 is 0 Å². The van der Waals surface area contributed by atoms with E-state index in [4.69, 9.17) is 5.10 Å². The van der Waals surface area contributed by atoms with Crippen molar-refractivity contribution in [1.82, 2.24) is 39.3 Å². The molecule has 0 aliphatic heterocycles. The summed E-state index contributed by atoms with van der Waals surface area (Å²) in [5.74, 6) is 1.35. The van der Waals surface area contributed by atoms with Crippen molar-refractivity contribution in [2.75, 3.05) is 0 Å². The van der Waals surface area contributed by atoms with Gasteiger partial charge in [-0.2, -0.15) is 9.61 Å². The topological polar surface area (TPSA) is 86.7 Å². The molecule has 8 nitrogen and oxygen atoms in total. The Hall–Kier alpha value is -4.46. The van der Waals surface area contributed by atoms with Crippen molar-refractivity contribution in [2.24, 2.45) is 0 Å². The second kappa shape index (κ2) is 6.77. The maximum absolute atomic E-state index is 4.89. The predicted octanol–water partition coefficient (Wildman–Crippen LogP) is 4.00. The van der Waals surface area contributed by atoms with Crippen LogP contribution in [0, 0.1) is 0 Å². The van der Waals surface area contributed by atoms with E-state index in [0.29, 0.717) is 5.78 Å². The SMILES string of the molecule is c1cnc2ccc(C3(c4nnc5ncc(-c6ccc(-n7ccnc7)cc6)nn45)CC3)cc2c1. The highest BCUT2D eigenvalue weighted by molar-refractivity contribution is 5.79. The van der Waals surface area contributed by atoms with E-state index in [1.54, 1.807) is 23.2 Å². The number of rotatable bonds is 4. The summed E-state index contributed by atoms with van der Waals surface area (Å²) in [6.45, 7) is 0. The van der Waals surface area contributed by atoms with Gasteiger partial charge in [0.25, 0.3) is 5.78 Å². The molecule has 0 amide bonds. The number of nitrogens with zero attached hydrogens (tertiary/aromatic N) is 8. The van der Waals surface area contributed by atoms with Gasteiger partial charge in [0.15, 0.2) is 5.82 Å². The average Bonchev–Trinajstić information content (AvgIpc) is 3.29. The summed E-state index contributed by atoms with van der Waals surface area (Å²) in [5, 5.41) is 14.9. The fourth-order valence-electron chi connectivity index (χ4n) is 4.48. The van der Waals surface area contributed by atoms with Gasteiger partial charge in [0.1, 0.15) is 5.69 Å². The zero-order valence-corrected chi connectivity index (χ0v) is 17.6. The van der Waals surface area contributed by atoms with E-state index < -0.39 is 0 Å². The van der Waals surface area contributed by atoms with Crippen LogP contribution in [-0.4, -0.2) is 39.3 Å². The second-order valence-electron chi connectivity index (χ2n) is 8.39. The van der Waals surface area contributed by atoms with Gasteiger partial charge < -0.3 is 4.57 Å². The molecule has 0 unspecified atom stereocenters. The van der Waals surface area contributed by atoms with E-state index in [1.165, 1.54) is 5.56 Å². The second-order valence-corrected chi connectivity index (χ2v) is 8.39. The summed E-state index contributed by atoms with van der Waals surface area (Å²) in [5.41, 5.74) is 4.81. The van der Waals surface area contributed by atoms with Crippen LogP contribution in [0.25, 0.3) is 33.6 Å². The Bertz CT molecular complexity index is 1610. The van der Waals surface area contributed by atoms with E-state index in [2.05, 4.69) is 49.4 Å². The molecule has 1 fully saturated rings. The predicted molar refractivity (Wildman–Crippen MR) is 123 cm³/mol. The molecule has 4 heterocycles. The molecule has 33 heavy (non-hydrogen) atoms. The fraction of sp³-hybridized carbons (Fsp3) is 0.120. The van der Waals surface area contributed by atoms with Gasteiger partial charge in [0.05, 0.1) is 23.5 Å². The third-order valence-electron chi connectivity index (χ3n) is 6.43. The van der Waals surface area contributed by atoms with Gasteiger partial charge in [-0.15, -0.1) is 10.2 Å². The first kappa shape index (κ1) is 18.1. The fourth-order valence-corrected chi connectivity index (χ4v) is 4.48. The van der Waals surface area contributed by atoms with Crippen molar-refractivity contribution >= 4 is 16.7 Å². The monoisotopic (exact) mass is 430 g/mol. The van der Waals surface area contributed by atoms with Crippen LogP contribution in [-0.2, 0) is 5.41 Å². The molecule has 158 valence electrons. The van der Waals surface area contributed by atoms with E-state index >= 15 is 0 Å². The van der Waals surface area contributed by atoms with Gasteiger partial charge in [-0.05, 0) is 48.7 Å². The molecule has 0 N–H and O–H groups in total. The molecule has 0 radical (unpaired) electrons. The highest BCUT2D eigenvalue weighted by Gasteiger charge is 2.50. The lowest BCUT2D eigenvalue weighted by Crippen LogP contribution is -2.15. The lowest BCUT2D eigenvalue weighted by molar-refractivity contribution is 0.703. The molecular formula is C25H18N8. The largest absolute Gasteiger partial charge is 0.306 e. The van der Waals surface area contributed by atoms with Crippen LogP contribution in [0.4, 0.5) is 0 Å². The Morgan fingerprint density at radius 3 is 2.61 bits per heavy atom. The summed E-state index contributed by atoms with van der Waals surface area (Å²) in [7, 11) is 0. The first-order valence-electron chi connectivity index (χ1n) is 10.8. The zero-order chi connectivity index (χ0) is 21.8. The van der Waals surface area contributed by atoms with E-state index in [9.17, 15) is 0 Å². The van der Waals surface area contributed by atoms with Crippen molar-refractivity contribution in [3.63, 3.8) is 0 Å². The number of fused-ring (bicyclic) bond motifs is 2. The van der Waals surface area contributed by atoms with E-state index in [-0.39, 0.29) is 5.41 Å². The van der Waals surface area contributed by atoms with Crippen LogP contribution in [0.3, 0.4) is 0 Å². The first-order chi connectivity index (χ1) is 16.3. The molecule has 0 atom stereocenters. The Kier molecular flexibility index (Phi) is 3.72. The molecule has 0 spiro atoms. The molecule has 1 saturated carbocycles. The Morgan fingerprint density at radius 2 is 1.79 bits per heavy atom. The third kappa shape index (κ3) is 2.84. The molecule has 7 rings (SSSR count). The number of imidazole rings is 1. The quantitative estimate of drug-likeness (QED) is 0.420. The van der Waals surface area contributed by atoms with Crippen LogP contribution >= 0.6 is 0 Å². The normalized spacial score (nSPS) is 14.7. The maximum atomic E-state index is 4.89. The van der Waals surface area contributed by atoms with Crippen LogP contribution in [0.1, 0.15) is 24.2 Å². The Labute approximate surface area is 188 Å². The first-order valence-corrected chi connectivity index (χ1v) is 10.8. The third-order valence-corrected chi connectivity index (χ3v) is 6.43. The molecule has 1 aliphatic rings. The van der Waals surface area contributed by atoms with Crippen molar-refractivity contribution in [3.8, 4) is 16.9 Å². The smallest absolute Gasteiger partial charge is 0.271 e. The van der Waals surface area contributed by atoms with Gasteiger partial charge in [-0.1, -0.05) is 24.3 Å². The molecule has 4 aromatic heterocycles. The maximum Gasteiger partial charge on any atom is 0.271 e. The number of hydrogen-bond acceptors (Lipinski definition) is 6. The van der Waals surface area contributed by atoms with Crippen LogP contribution < -0.4 is 0 Å². The summed E-state index contributed by atoms with van der Waals surface area (Å²) < 4.78 is 3.77. The number of aromatic nitrogens is 8. The minimum absolute atomic E-state index is 0.192. The summed E-state index contributed by atoms with van der Waals surface area (Å²) in [6, 6.07) is 18.7. The van der Waals surface area contributed by atoms with Crippen molar-refractivity contribution in [2.45, 2.75) is 18.3 Å². The molecule has 6 aromatic rings. The summed E-state index contributed by atoms with van der Waals surface area (Å²) in [4.78, 5) is 13.1. The van der Waals surface area contributed by atoms with Gasteiger partial charge in [0.2, 0.25) is 0 Å². The standard InChI is InChI=1S/C25H18N8/c1-2-18-14-19(5-8-21(18)27-11-1)25(9-10-25)23-29-30-24-28-15-22(31-33(23)24)17-3-6-20(7-4-17)32-13-12-26-16-32/h1-8,11-16H,9-10H2. The highest BCUT2D eigenvalue weighted by atomic mass is 15.4. The highest BCUT2D eigenvalue weighted by Crippen LogP contribution is 2.53. The average molecular weight is 430 g/mol. The van der Waals surface area contributed by atoms with Gasteiger partial charge in [-0.25, -0.2) is 9.97 Å². The number of pyridine rings is 1. The Balaban J connectivity index is 1.30. The van der Waals surface area contributed by atoms with Gasteiger partial charge in [0, 0.05) is 35.2 Å². The minimum Gasteiger partial charge on any atom is -0.306 e. The molecule has 0 saturated heterocycles. The van der Waals surface area contributed by atoms with Crippen LogP contribution in [0.2, 0.25) is 0 Å². The van der Waals surface area contributed by atoms with Crippen LogP contribution in [0.5, 0.6) is 0 Å². The van der Waals surface area contributed by atoms with E-state index in [1.807, 2.05) is 47.3 Å². The summed E-state index contributed by atoms with van der Waals surface area (Å²) in [6.07, 6.45) is 11.0. The molecule has 8 heteroatoms. The molecular weight excluding hydrogens is 412 g/mol. The molecule has 2 aromatic carbocycles. The van der Waals surface area contributed by atoms with Crippen molar-refractivity contribution < 1.29 is 0 Å². The number of benzene rings is 2. The van der Waals surface area contributed by atoms with Gasteiger partial charge in [-0.3, -0.25) is 4.98 Å². The lowest BCUT2D eigenvalue weighted by atomic mass is 9.94. The zero-order valence-electron chi connectivity index (χ0n) is 17.6. The molecule has 1 aliphatic carbocycles. The van der Waals surface area contributed by atoms with E-state index in [0.717, 1.165) is 46.5 Å².